The van der Waals surface area contributed by atoms with Crippen molar-refractivity contribution in [2.75, 3.05) is 4.90 Å². The zero-order valence-corrected chi connectivity index (χ0v) is 37.7. The Kier molecular flexibility index (Phi) is 8.90. The van der Waals surface area contributed by atoms with E-state index in [1.165, 1.54) is 83.3 Å². The van der Waals surface area contributed by atoms with E-state index in [1.807, 2.05) is 0 Å². The molecule has 0 saturated carbocycles. The first-order valence-electron chi connectivity index (χ1n) is 23.9. The number of hydrogen-bond donors (Lipinski definition) is 0. The second-order valence-corrected chi connectivity index (χ2v) is 18.4. The number of aliphatic imine (C=N–C) groups is 2. The van der Waals surface area contributed by atoms with Gasteiger partial charge in [-0.25, -0.2) is 4.99 Å². The molecule has 4 heteroatoms. The molecule has 1 spiro atoms. The summed E-state index contributed by atoms with van der Waals surface area (Å²) in [5.74, 6) is 0.768. The monoisotopic (exact) mass is 880 g/mol. The highest BCUT2D eigenvalue weighted by Crippen LogP contribution is 2.64. The summed E-state index contributed by atoms with van der Waals surface area (Å²) in [5.41, 5.74) is 20.7. The van der Waals surface area contributed by atoms with E-state index in [9.17, 15) is 0 Å². The van der Waals surface area contributed by atoms with E-state index >= 15 is 0 Å². The third kappa shape index (κ3) is 6.02. The number of anilines is 3. The van der Waals surface area contributed by atoms with Crippen molar-refractivity contribution in [3.8, 4) is 27.9 Å². The van der Waals surface area contributed by atoms with Crippen LogP contribution in [0.5, 0.6) is 0 Å². The second kappa shape index (κ2) is 15.6. The fourth-order valence-electron chi connectivity index (χ4n) is 11.7. The van der Waals surface area contributed by atoms with Gasteiger partial charge < -0.3 is 9.47 Å². The van der Waals surface area contributed by atoms with E-state index in [0.29, 0.717) is 6.42 Å². The smallest absolute Gasteiger partial charge is 0.155 e. The molecule has 4 nitrogen and oxygen atoms in total. The molecule has 0 radical (unpaired) electrons. The van der Waals surface area contributed by atoms with E-state index in [2.05, 4.69) is 258 Å². The standard InChI is InChI=1S/C65H44N4/c1-5-19-43(20-6-1)58-42-59(67-64(66-58)44-21-7-2-8-22-44)47-35-38-55-53(40-47)52-39-45(46-33-36-51-50-27-13-16-30-60(50)68(63(51)41-46)48-23-9-3-10-24-48)34-37-54(52)65(55)56-28-14-17-31-61(56)69(49-25-11-4-12-26-49)62-32-18-15-29-57(62)65/h1-41,58H,42H2. The highest BCUT2D eigenvalue weighted by molar-refractivity contribution is 6.15. The second-order valence-electron chi connectivity index (χ2n) is 18.4. The van der Waals surface area contributed by atoms with Crippen molar-refractivity contribution in [3.63, 3.8) is 0 Å². The largest absolute Gasteiger partial charge is 0.310 e. The summed E-state index contributed by atoms with van der Waals surface area (Å²) in [4.78, 5) is 13.1. The van der Waals surface area contributed by atoms with E-state index in [4.69, 9.17) is 9.98 Å². The predicted molar refractivity (Wildman–Crippen MR) is 285 cm³/mol. The molecule has 69 heavy (non-hydrogen) atoms. The minimum absolute atomic E-state index is 0.0603. The van der Waals surface area contributed by atoms with E-state index in [1.54, 1.807) is 0 Å². The summed E-state index contributed by atoms with van der Waals surface area (Å²) in [6.07, 6.45) is 0.699. The fourth-order valence-corrected chi connectivity index (χ4v) is 11.7. The van der Waals surface area contributed by atoms with Crippen LogP contribution < -0.4 is 4.90 Å². The van der Waals surface area contributed by atoms with Crippen LogP contribution in [0.2, 0.25) is 0 Å². The van der Waals surface area contributed by atoms with Crippen LogP contribution in [0.1, 0.15) is 51.4 Å². The summed E-state index contributed by atoms with van der Waals surface area (Å²) in [6.45, 7) is 0. The zero-order chi connectivity index (χ0) is 45.5. The predicted octanol–water partition coefficient (Wildman–Crippen LogP) is 16.0. The summed E-state index contributed by atoms with van der Waals surface area (Å²) >= 11 is 0. The first-order valence-corrected chi connectivity index (χ1v) is 23.9. The van der Waals surface area contributed by atoms with E-state index < -0.39 is 5.41 Å². The van der Waals surface area contributed by atoms with Crippen molar-refractivity contribution >= 4 is 50.4 Å². The molecule has 1 atom stereocenters. The number of amidine groups is 1. The summed E-state index contributed by atoms with van der Waals surface area (Å²) < 4.78 is 2.41. The van der Waals surface area contributed by atoms with E-state index in [0.717, 1.165) is 34.0 Å². The van der Waals surface area contributed by atoms with Gasteiger partial charge in [-0.3, -0.25) is 4.99 Å². The maximum Gasteiger partial charge on any atom is 0.155 e. The Bertz CT molecular complexity index is 3820. The Labute approximate surface area is 401 Å². The van der Waals surface area contributed by atoms with Crippen molar-refractivity contribution < 1.29 is 0 Å². The molecule has 0 bridgehead atoms. The van der Waals surface area contributed by atoms with Gasteiger partial charge in [0.25, 0.3) is 0 Å². The lowest BCUT2D eigenvalue weighted by Crippen LogP contribution is -2.36. The average molecular weight is 881 g/mol. The molecule has 0 saturated heterocycles. The first kappa shape index (κ1) is 39.3. The zero-order valence-electron chi connectivity index (χ0n) is 37.7. The van der Waals surface area contributed by atoms with Crippen LogP contribution in [0.4, 0.5) is 17.1 Å². The molecule has 0 amide bonds. The lowest BCUT2D eigenvalue weighted by atomic mass is 9.64. The average Bonchev–Trinajstić information content (AvgIpc) is 3.91. The van der Waals surface area contributed by atoms with E-state index in [-0.39, 0.29) is 6.04 Å². The number of nitrogens with zero attached hydrogens (tertiary/aromatic N) is 4. The van der Waals surface area contributed by atoms with Gasteiger partial charge in [-0.1, -0.05) is 188 Å². The maximum atomic E-state index is 5.40. The lowest BCUT2D eigenvalue weighted by Gasteiger charge is -2.45. The first-order chi connectivity index (χ1) is 34.2. The molecule has 10 aromatic carbocycles. The van der Waals surface area contributed by atoms with Crippen LogP contribution in [0, 0.1) is 0 Å². The van der Waals surface area contributed by atoms with Gasteiger partial charge >= 0.3 is 0 Å². The third-order valence-electron chi connectivity index (χ3n) is 14.7. The van der Waals surface area contributed by atoms with Crippen LogP contribution >= 0.6 is 0 Å². The molecular weight excluding hydrogens is 837 g/mol. The van der Waals surface area contributed by atoms with Crippen LogP contribution in [-0.2, 0) is 5.41 Å². The van der Waals surface area contributed by atoms with Gasteiger partial charge in [0.2, 0.25) is 0 Å². The molecule has 1 aromatic heterocycles. The van der Waals surface area contributed by atoms with Crippen LogP contribution in [0.15, 0.2) is 259 Å². The van der Waals surface area contributed by atoms with Crippen LogP contribution in [0.3, 0.4) is 0 Å². The Morgan fingerprint density at radius 3 is 1.61 bits per heavy atom. The van der Waals surface area contributed by atoms with Crippen LogP contribution in [0.25, 0.3) is 49.7 Å². The van der Waals surface area contributed by atoms with Crippen molar-refractivity contribution in [1.29, 1.82) is 0 Å². The molecular formula is C65H44N4. The third-order valence-corrected chi connectivity index (χ3v) is 14.7. The molecule has 14 rings (SSSR count). The Balaban J connectivity index is 1.01. The molecule has 3 aliphatic rings. The molecule has 3 heterocycles. The fraction of sp³-hybridized carbons (Fsp3) is 0.0462. The van der Waals surface area contributed by atoms with Gasteiger partial charge in [0.05, 0.1) is 39.6 Å². The quantitative estimate of drug-likeness (QED) is 0.164. The lowest BCUT2D eigenvalue weighted by molar-refractivity contribution is 0.750. The molecule has 2 aliphatic heterocycles. The molecule has 1 aliphatic carbocycles. The summed E-state index contributed by atoms with van der Waals surface area (Å²) in [6, 6.07) is 90.9. The molecule has 11 aromatic rings. The van der Waals surface area contributed by atoms with Gasteiger partial charge in [0, 0.05) is 34.1 Å². The summed E-state index contributed by atoms with van der Waals surface area (Å²) in [5, 5.41) is 2.49. The number of fused-ring (bicyclic) bond motifs is 12. The van der Waals surface area contributed by atoms with Crippen molar-refractivity contribution in [2.45, 2.75) is 17.9 Å². The molecule has 324 valence electrons. The normalized spacial score (nSPS) is 15.3. The Morgan fingerprint density at radius 2 is 0.913 bits per heavy atom. The minimum atomic E-state index is -0.596. The summed E-state index contributed by atoms with van der Waals surface area (Å²) in [7, 11) is 0. The molecule has 0 fully saturated rings. The van der Waals surface area contributed by atoms with Crippen molar-refractivity contribution in [3.05, 3.63) is 288 Å². The van der Waals surface area contributed by atoms with Gasteiger partial charge in [0.1, 0.15) is 0 Å². The maximum absolute atomic E-state index is 5.40. The van der Waals surface area contributed by atoms with Crippen molar-refractivity contribution in [2.24, 2.45) is 9.98 Å². The van der Waals surface area contributed by atoms with Gasteiger partial charge in [-0.2, -0.15) is 0 Å². The molecule has 0 N–H and O–H groups in total. The van der Waals surface area contributed by atoms with Gasteiger partial charge in [0.15, 0.2) is 5.84 Å². The number of benzene rings is 10. The van der Waals surface area contributed by atoms with Crippen LogP contribution in [-0.4, -0.2) is 16.1 Å². The SMILES string of the molecule is c1ccc(C2=NC(c3ccccc3)CC(c3ccc4c(c3)-c3cc(-c5ccc6c7ccccc7n(-c7ccccc7)c6c5)ccc3C43c4ccccc4N(c4ccccc4)c4ccccc43)=N2)cc1. The Morgan fingerprint density at radius 1 is 0.391 bits per heavy atom. The number of aromatic nitrogens is 1. The molecule has 1 unspecified atom stereocenters. The van der Waals surface area contributed by atoms with Crippen molar-refractivity contribution in [1.82, 2.24) is 4.57 Å². The van der Waals surface area contributed by atoms with Gasteiger partial charge in [-0.15, -0.1) is 0 Å². The Hall–Kier alpha value is -8.86. The topological polar surface area (TPSA) is 32.9 Å². The number of para-hydroxylation sites is 5. The highest BCUT2D eigenvalue weighted by Gasteiger charge is 2.52. The highest BCUT2D eigenvalue weighted by atomic mass is 15.2. The number of rotatable bonds is 6. The van der Waals surface area contributed by atoms with Gasteiger partial charge in [-0.05, 0) is 116 Å². The minimum Gasteiger partial charge on any atom is -0.310 e. The number of hydrogen-bond acceptors (Lipinski definition) is 3.